The van der Waals surface area contributed by atoms with Gasteiger partial charge in [-0.1, -0.05) is 13.3 Å². The number of aromatic hydroxyl groups is 2. The van der Waals surface area contributed by atoms with Crippen LogP contribution < -0.4 is 0 Å². The summed E-state index contributed by atoms with van der Waals surface area (Å²) in [6.45, 7) is 2.34. The van der Waals surface area contributed by atoms with E-state index in [9.17, 15) is 24.9 Å². The molecular weight excluding hydrogens is 274 g/mol. The zero-order valence-corrected chi connectivity index (χ0v) is 11.8. The Bertz CT molecular complexity index is 557. The van der Waals surface area contributed by atoms with Crippen LogP contribution in [-0.2, 0) is 4.79 Å². The van der Waals surface area contributed by atoms with Gasteiger partial charge in [0.1, 0.15) is 17.5 Å². The minimum Gasteiger partial charge on any atom is -0.508 e. The number of likely N-dealkylation sites (tertiary alicyclic amines) is 1. The molecule has 3 N–H and O–H groups in total. The number of amides is 1. The predicted octanol–water partition coefficient (Wildman–Crippen LogP) is 1.81. The summed E-state index contributed by atoms with van der Waals surface area (Å²) in [6, 6.07) is 2.75. The molecule has 2 unspecified atom stereocenters. The number of carboxylic acid groups (broad SMARTS) is 1. The van der Waals surface area contributed by atoms with Crippen molar-refractivity contribution in [1.82, 2.24) is 4.90 Å². The highest BCUT2D eigenvalue weighted by Crippen LogP contribution is 2.30. The first-order valence-corrected chi connectivity index (χ1v) is 6.99. The zero-order valence-electron chi connectivity index (χ0n) is 11.8. The Kier molecular flexibility index (Phi) is 4.35. The summed E-state index contributed by atoms with van der Waals surface area (Å²) in [5.74, 6) is -1.73. The first-order valence-electron chi connectivity index (χ1n) is 6.99. The molecule has 1 amide bonds. The lowest BCUT2D eigenvalue weighted by Crippen LogP contribution is -2.50. The van der Waals surface area contributed by atoms with Crippen LogP contribution >= 0.6 is 0 Å². The maximum atomic E-state index is 12.5. The summed E-state index contributed by atoms with van der Waals surface area (Å²) in [7, 11) is 0. The largest absolute Gasteiger partial charge is 0.508 e. The minimum atomic E-state index is -1.04. The number of hydrogen-bond acceptors (Lipinski definition) is 4. The third-order valence-corrected chi connectivity index (χ3v) is 4.04. The molecule has 114 valence electrons. The van der Waals surface area contributed by atoms with Gasteiger partial charge in [-0.15, -0.1) is 0 Å². The van der Waals surface area contributed by atoms with Crippen molar-refractivity contribution in [2.45, 2.75) is 32.2 Å². The number of hydrogen-bond donors (Lipinski definition) is 3. The van der Waals surface area contributed by atoms with Crippen LogP contribution in [0, 0.1) is 5.92 Å². The number of phenolic OH excluding ortho intramolecular Hbond substituents is 2. The quantitative estimate of drug-likeness (QED) is 0.738. The molecule has 0 spiro atoms. The van der Waals surface area contributed by atoms with Gasteiger partial charge in [0.05, 0.1) is 5.56 Å². The van der Waals surface area contributed by atoms with E-state index in [1.807, 2.05) is 6.92 Å². The average Bonchev–Trinajstić information content (AvgIpc) is 2.48. The van der Waals surface area contributed by atoms with Crippen molar-refractivity contribution < 1.29 is 24.9 Å². The minimum absolute atomic E-state index is 0.0730. The molecule has 2 rings (SSSR count). The molecule has 1 heterocycles. The molecule has 6 nitrogen and oxygen atoms in total. The van der Waals surface area contributed by atoms with Crippen LogP contribution in [0.4, 0.5) is 0 Å². The molecule has 2 atom stereocenters. The van der Waals surface area contributed by atoms with Gasteiger partial charge >= 0.3 is 5.97 Å². The number of piperidine rings is 1. The van der Waals surface area contributed by atoms with Gasteiger partial charge in [-0.3, -0.25) is 4.79 Å². The van der Waals surface area contributed by atoms with Crippen molar-refractivity contribution in [3.63, 3.8) is 0 Å². The number of phenols is 2. The van der Waals surface area contributed by atoms with E-state index in [4.69, 9.17) is 0 Å². The fraction of sp³-hybridized carbons (Fsp3) is 0.467. The van der Waals surface area contributed by atoms with Gasteiger partial charge in [0.2, 0.25) is 0 Å². The SMILES string of the molecule is CCC1CCN(C(=O)c2cc(O)ccc2O)C(C(=O)O)C1. The Labute approximate surface area is 122 Å². The average molecular weight is 293 g/mol. The highest BCUT2D eigenvalue weighted by atomic mass is 16.4. The summed E-state index contributed by atoms with van der Waals surface area (Å²) in [6.07, 6.45) is 2.03. The molecule has 1 aromatic rings. The standard InChI is InChI=1S/C15H19NO5/c1-2-9-5-6-16(12(7-9)15(20)21)14(19)11-8-10(17)3-4-13(11)18/h3-4,8-9,12,17-18H,2,5-7H2,1H3,(H,20,21). The topological polar surface area (TPSA) is 98.1 Å². The molecule has 21 heavy (non-hydrogen) atoms. The summed E-state index contributed by atoms with van der Waals surface area (Å²) >= 11 is 0. The van der Waals surface area contributed by atoms with E-state index in [0.29, 0.717) is 13.0 Å². The van der Waals surface area contributed by atoms with Gasteiger partial charge in [-0.25, -0.2) is 4.79 Å². The molecule has 1 aliphatic heterocycles. The van der Waals surface area contributed by atoms with Gasteiger partial charge < -0.3 is 20.2 Å². The zero-order chi connectivity index (χ0) is 15.6. The second-order valence-corrected chi connectivity index (χ2v) is 5.35. The van der Waals surface area contributed by atoms with Crippen molar-refractivity contribution in [3.8, 4) is 11.5 Å². The van der Waals surface area contributed by atoms with Gasteiger partial charge in [-0.05, 0) is 37.0 Å². The number of rotatable bonds is 3. The van der Waals surface area contributed by atoms with Gasteiger partial charge in [0.15, 0.2) is 0 Å². The fourth-order valence-corrected chi connectivity index (χ4v) is 2.74. The highest BCUT2D eigenvalue weighted by Gasteiger charge is 2.36. The normalized spacial score (nSPS) is 22.0. The lowest BCUT2D eigenvalue weighted by molar-refractivity contribution is -0.144. The van der Waals surface area contributed by atoms with Crippen LogP contribution in [-0.4, -0.2) is 44.7 Å². The van der Waals surface area contributed by atoms with Crippen LogP contribution in [0.3, 0.4) is 0 Å². The van der Waals surface area contributed by atoms with E-state index >= 15 is 0 Å². The number of nitrogens with zero attached hydrogens (tertiary/aromatic N) is 1. The van der Waals surface area contributed by atoms with Crippen LogP contribution in [0.1, 0.15) is 36.5 Å². The maximum absolute atomic E-state index is 12.5. The van der Waals surface area contributed by atoms with Crippen molar-refractivity contribution >= 4 is 11.9 Å². The van der Waals surface area contributed by atoms with Crippen molar-refractivity contribution in [3.05, 3.63) is 23.8 Å². The Hall–Kier alpha value is -2.24. The molecule has 6 heteroatoms. The number of carbonyl (C=O) groups excluding carboxylic acids is 1. The first kappa shape index (κ1) is 15.2. The molecule has 0 aromatic heterocycles. The first-order chi connectivity index (χ1) is 9.93. The third-order valence-electron chi connectivity index (χ3n) is 4.04. The molecule has 1 aromatic carbocycles. The molecule has 0 saturated carbocycles. The Morgan fingerprint density at radius 1 is 1.33 bits per heavy atom. The monoisotopic (exact) mass is 293 g/mol. The molecule has 1 fully saturated rings. The summed E-state index contributed by atoms with van der Waals surface area (Å²) in [5, 5.41) is 28.5. The fourth-order valence-electron chi connectivity index (χ4n) is 2.74. The van der Waals surface area contributed by atoms with Gasteiger partial charge in [0, 0.05) is 6.54 Å². The molecular formula is C15H19NO5. The van der Waals surface area contributed by atoms with E-state index in [0.717, 1.165) is 18.9 Å². The van der Waals surface area contributed by atoms with E-state index in [2.05, 4.69) is 0 Å². The van der Waals surface area contributed by atoms with E-state index in [-0.39, 0.29) is 23.0 Å². The van der Waals surface area contributed by atoms with E-state index in [1.54, 1.807) is 0 Å². The van der Waals surface area contributed by atoms with Crippen LogP contribution in [0.5, 0.6) is 11.5 Å². The Morgan fingerprint density at radius 3 is 2.67 bits per heavy atom. The predicted molar refractivity (Wildman–Crippen MR) is 75.2 cm³/mol. The lowest BCUT2D eigenvalue weighted by Gasteiger charge is -2.37. The number of aliphatic carboxylic acids is 1. The molecule has 1 saturated heterocycles. The Balaban J connectivity index is 2.28. The van der Waals surface area contributed by atoms with Crippen molar-refractivity contribution in [2.75, 3.05) is 6.54 Å². The maximum Gasteiger partial charge on any atom is 0.326 e. The molecule has 1 aliphatic rings. The molecule has 0 aliphatic carbocycles. The third kappa shape index (κ3) is 3.09. The van der Waals surface area contributed by atoms with E-state index < -0.39 is 17.9 Å². The van der Waals surface area contributed by atoms with Crippen LogP contribution in [0.2, 0.25) is 0 Å². The smallest absolute Gasteiger partial charge is 0.326 e. The summed E-state index contributed by atoms with van der Waals surface area (Å²) < 4.78 is 0. The van der Waals surface area contributed by atoms with Gasteiger partial charge in [-0.2, -0.15) is 0 Å². The second-order valence-electron chi connectivity index (χ2n) is 5.35. The summed E-state index contributed by atoms with van der Waals surface area (Å²) in [4.78, 5) is 25.1. The van der Waals surface area contributed by atoms with Crippen LogP contribution in [0.25, 0.3) is 0 Å². The number of benzene rings is 1. The molecule has 0 bridgehead atoms. The second kappa shape index (κ2) is 6.03. The van der Waals surface area contributed by atoms with Crippen LogP contribution in [0.15, 0.2) is 18.2 Å². The summed E-state index contributed by atoms with van der Waals surface area (Å²) in [5.41, 5.74) is -0.0730. The van der Waals surface area contributed by atoms with E-state index in [1.165, 1.54) is 17.0 Å². The lowest BCUT2D eigenvalue weighted by atomic mass is 9.88. The number of carbonyl (C=O) groups is 2. The Morgan fingerprint density at radius 2 is 2.05 bits per heavy atom. The number of carboxylic acids is 1. The van der Waals surface area contributed by atoms with Crippen molar-refractivity contribution in [2.24, 2.45) is 5.92 Å². The molecule has 0 radical (unpaired) electrons. The van der Waals surface area contributed by atoms with Gasteiger partial charge in [0.25, 0.3) is 5.91 Å². The van der Waals surface area contributed by atoms with Crippen molar-refractivity contribution in [1.29, 1.82) is 0 Å². The highest BCUT2D eigenvalue weighted by molar-refractivity contribution is 5.99.